The number of aromatic nitrogens is 3. The molecule has 1 unspecified atom stereocenters. The van der Waals surface area contributed by atoms with Gasteiger partial charge in [0.1, 0.15) is 25.0 Å². The molecule has 7 nitrogen and oxygen atoms in total. The average molecular weight is 555 g/mol. The molecule has 0 aliphatic carbocycles. The summed E-state index contributed by atoms with van der Waals surface area (Å²) in [4.78, 5) is 17.7. The Morgan fingerprint density at radius 1 is 1.23 bits per heavy atom. The van der Waals surface area contributed by atoms with Crippen LogP contribution in [0, 0.1) is 0 Å². The number of hydrogen-bond donors (Lipinski definition) is 1. The molecular weight excluding hydrogens is 528 g/mol. The lowest BCUT2D eigenvalue weighted by atomic mass is 9.96. The maximum atomic E-state index is 13.0. The molecule has 0 amide bonds. The number of carbonyl (C=O) groups excluding carboxylic acids is 1. The number of ether oxygens (including phenoxy) is 2. The number of thioether (sulfide) groups is 1. The van der Waals surface area contributed by atoms with Crippen LogP contribution in [-0.4, -0.2) is 33.1 Å². The summed E-state index contributed by atoms with van der Waals surface area (Å²) in [6.45, 7) is 8.20. The minimum Gasteiger partial charge on any atom is -0.489 e. The van der Waals surface area contributed by atoms with Crippen molar-refractivity contribution < 1.29 is 14.3 Å². The van der Waals surface area contributed by atoms with E-state index < -0.39 is 12.0 Å². The molecule has 35 heavy (non-hydrogen) atoms. The van der Waals surface area contributed by atoms with Gasteiger partial charge in [-0.2, -0.15) is 4.98 Å². The summed E-state index contributed by atoms with van der Waals surface area (Å²) < 4.78 is 14.2. The normalized spacial score (nSPS) is 14.8. The predicted octanol–water partition coefficient (Wildman–Crippen LogP) is 6.14. The van der Waals surface area contributed by atoms with Crippen LogP contribution in [0.4, 0.5) is 5.95 Å². The van der Waals surface area contributed by atoms with Crippen molar-refractivity contribution in [1.82, 2.24) is 14.8 Å². The van der Waals surface area contributed by atoms with Gasteiger partial charge in [-0.15, -0.1) is 5.10 Å². The highest BCUT2D eigenvalue weighted by atomic mass is 79.9. The second-order valence-corrected chi connectivity index (χ2v) is 9.93. The van der Waals surface area contributed by atoms with Crippen LogP contribution >= 0.6 is 27.7 Å². The Kier molecular flexibility index (Phi) is 8.30. The number of esters is 1. The number of carbonyl (C=O) groups is 1. The maximum absolute atomic E-state index is 13.0. The third kappa shape index (κ3) is 5.97. The van der Waals surface area contributed by atoms with Gasteiger partial charge in [-0.3, -0.25) is 0 Å². The molecule has 0 bridgehead atoms. The molecule has 182 valence electrons. The summed E-state index contributed by atoms with van der Waals surface area (Å²) in [5.41, 5.74) is 3.13. The van der Waals surface area contributed by atoms with E-state index >= 15 is 0 Å². The van der Waals surface area contributed by atoms with E-state index in [0.29, 0.717) is 29.0 Å². The summed E-state index contributed by atoms with van der Waals surface area (Å²) in [6, 6.07) is 15.2. The Morgan fingerprint density at radius 2 is 1.97 bits per heavy atom. The van der Waals surface area contributed by atoms with E-state index in [1.165, 1.54) is 0 Å². The molecule has 0 saturated carbocycles. The summed E-state index contributed by atoms with van der Waals surface area (Å²) in [6.07, 6.45) is 2.57. The van der Waals surface area contributed by atoms with Gasteiger partial charge in [-0.1, -0.05) is 71.5 Å². The number of rotatable bonds is 10. The Labute approximate surface area is 217 Å². The zero-order valence-corrected chi connectivity index (χ0v) is 22.1. The number of benzene rings is 2. The molecule has 3 aromatic rings. The standard InChI is InChI=1S/C26H27BrN4O3S/c1-4-14-33-24(32)22-17(3)28-25-29-26(35-15-5-2)30-31(25)23(22)19-8-12-21(13-9-19)34-16-18-6-10-20(27)11-7-18/h4,6-13,23H,1,5,14-16H2,2-3H3,(H,28,29,30). The largest absolute Gasteiger partial charge is 0.489 e. The van der Waals surface area contributed by atoms with E-state index in [0.717, 1.165) is 33.5 Å². The Morgan fingerprint density at radius 3 is 2.66 bits per heavy atom. The molecule has 0 spiro atoms. The molecular formula is C26H27BrN4O3S. The van der Waals surface area contributed by atoms with Crippen LogP contribution in [-0.2, 0) is 16.1 Å². The summed E-state index contributed by atoms with van der Waals surface area (Å²) >= 11 is 5.04. The fourth-order valence-corrected chi connectivity index (χ4v) is 4.61. The molecule has 2 heterocycles. The number of hydrogen-bond acceptors (Lipinski definition) is 7. The second kappa shape index (κ2) is 11.6. The SMILES string of the molecule is C=CCOC(=O)C1=C(C)Nc2nc(SCCC)nn2C1c1ccc(OCc2ccc(Br)cc2)cc1. The van der Waals surface area contributed by atoms with Crippen LogP contribution in [0.3, 0.4) is 0 Å². The molecule has 1 atom stereocenters. The monoisotopic (exact) mass is 554 g/mol. The van der Waals surface area contributed by atoms with Crippen LogP contribution in [0.1, 0.15) is 37.4 Å². The number of anilines is 1. The molecule has 0 fully saturated rings. The highest BCUT2D eigenvalue weighted by molar-refractivity contribution is 9.10. The van der Waals surface area contributed by atoms with Crippen LogP contribution in [0.2, 0.25) is 0 Å². The van der Waals surface area contributed by atoms with E-state index in [-0.39, 0.29) is 6.61 Å². The molecule has 1 aromatic heterocycles. The van der Waals surface area contributed by atoms with Crippen LogP contribution in [0.5, 0.6) is 5.75 Å². The van der Waals surface area contributed by atoms with E-state index in [4.69, 9.17) is 14.6 Å². The fraction of sp³-hybridized carbons (Fsp3) is 0.269. The molecule has 2 aromatic carbocycles. The Hall–Kier alpha value is -3.04. The molecule has 1 aliphatic rings. The van der Waals surface area contributed by atoms with Gasteiger partial charge in [0.05, 0.1) is 5.57 Å². The molecule has 0 radical (unpaired) electrons. The van der Waals surface area contributed by atoms with E-state index in [9.17, 15) is 4.79 Å². The topological polar surface area (TPSA) is 78.3 Å². The molecule has 1 N–H and O–H groups in total. The van der Waals surface area contributed by atoms with Crippen LogP contribution in [0.25, 0.3) is 0 Å². The molecule has 0 saturated heterocycles. The lowest BCUT2D eigenvalue weighted by Gasteiger charge is -2.28. The first kappa shape index (κ1) is 25.1. The zero-order chi connectivity index (χ0) is 24.8. The Bertz CT molecular complexity index is 1220. The fourth-order valence-electron chi connectivity index (χ4n) is 3.66. The van der Waals surface area contributed by atoms with Crippen molar-refractivity contribution in [3.05, 3.63) is 88.1 Å². The van der Waals surface area contributed by atoms with Crippen LogP contribution in [0.15, 0.2) is 82.1 Å². The van der Waals surface area contributed by atoms with Gasteiger partial charge in [-0.05, 0) is 48.7 Å². The summed E-state index contributed by atoms with van der Waals surface area (Å²) in [7, 11) is 0. The average Bonchev–Trinajstić information content (AvgIpc) is 3.27. The predicted molar refractivity (Wildman–Crippen MR) is 142 cm³/mol. The van der Waals surface area contributed by atoms with Gasteiger partial charge in [0.25, 0.3) is 0 Å². The third-order valence-electron chi connectivity index (χ3n) is 5.34. The van der Waals surface area contributed by atoms with Gasteiger partial charge in [0.15, 0.2) is 0 Å². The van der Waals surface area contributed by atoms with Crippen molar-refractivity contribution >= 4 is 39.6 Å². The van der Waals surface area contributed by atoms with Gasteiger partial charge in [0, 0.05) is 15.9 Å². The number of fused-ring (bicyclic) bond motifs is 1. The first-order valence-electron chi connectivity index (χ1n) is 11.3. The number of allylic oxidation sites excluding steroid dienone is 1. The molecule has 9 heteroatoms. The lowest BCUT2D eigenvalue weighted by molar-refractivity contribution is -0.138. The number of halogens is 1. The highest BCUT2D eigenvalue weighted by Crippen LogP contribution is 2.37. The van der Waals surface area contributed by atoms with Crippen molar-refractivity contribution in [2.45, 2.75) is 38.1 Å². The van der Waals surface area contributed by atoms with Gasteiger partial charge in [-0.25, -0.2) is 9.48 Å². The van der Waals surface area contributed by atoms with E-state index in [1.807, 2.05) is 55.5 Å². The van der Waals surface area contributed by atoms with E-state index in [1.54, 1.807) is 22.5 Å². The summed E-state index contributed by atoms with van der Waals surface area (Å²) in [5.74, 6) is 1.83. The van der Waals surface area contributed by atoms with Crippen LogP contribution < -0.4 is 10.1 Å². The highest BCUT2D eigenvalue weighted by Gasteiger charge is 2.35. The zero-order valence-electron chi connectivity index (χ0n) is 19.7. The van der Waals surface area contributed by atoms with Gasteiger partial charge in [0.2, 0.25) is 11.1 Å². The first-order valence-corrected chi connectivity index (χ1v) is 13.1. The second-order valence-electron chi connectivity index (χ2n) is 7.95. The van der Waals surface area contributed by atoms with Crippen molar-refractivity contribution in [3.63, 3.8) is 0 Å². The van der Waals surface area contributed by atoms with Gasteiger partial charge >= 0.3 is 5.97 Å². The first-order chi connectivity index (χ1) is 17.0. The minimum atomic E-state index is -0.479. The third-order valence-corrected chi connectivity index (χ3v) is 6.91. The molecule has 4 rings (SSSR count). The van der Waals surface area contributed by atoms with Crippen molar-refractivity contribution in [3.8, 4) is 5.75 Å². The maximum Gasteiger partial charge on any atom is 0.338 e. The molecule has 1 aliphatic heterocycles. The van der Waals surface area contributed by atoms with Crippen molar-refractivity contribution in [2.75, 3.05) is 17.7 Å². The quantitative estimate of drug-likeness (QED) is 0.183. The minimum absolute atomic E-state index is 0.132. The smallest absolute Gasteiger partial charge is 0.338 e. The summed E-state index contributed by atoms with van der Waals surface area (Å²) in [5, 5.41) is 8.60. The van der Waals surface area contributed by atoms with E-state index in [2.05, 4.69) is 39.7 Å². The lowest BCUT2D eigenvalue weighted by Crippen LogP contribution is -2.29. The number of nitrogens with one attached hydrogen (secondary N) is 1. The van der Waals surface area contributed by atoms with Gasteiger partial charge < -0.3 is 14.8 Å². The number of nitrogens with zero attached hydrogens (tertiary/aromatic N) is 3. The van der Waals surface area contributed by atoms with Crippen molar-refractivity contribution in [2.24, 2.45) is 0 Å². The Balaban J connectivity index is 1.62. The van der Waals surface area contributed by atoms with Crippen molar-refractivity contribution in [1.29, 1.82) is 0 Å².